The van der Waals surface area contributed by atoms with Crippen molar-refractivity contribution in [1.29, 1.82) is 0 Å². The second kappa shape index (κ2) is 18.0. The molecule has 0 fully saturated rings. The number of aliphatic carboxylic acids is 1. The van der Waals surface area contributed by atoms with Crippen LogP contribution in [0.3, 0.4) is 0 Å². The van der Waals surface area contributed by atoms with Crippen molar-refractivity contribution in [3.05, 3.63) is 0 Å². The van der Waals surface area contributed by atoms with Gasteiger partial charge in [-0.2, -0.15) is 12.6 Å². The number of rotatable bonds is 18. The molecule has 0 bridgehead atoms. The lowest BCUT2D eigenvalue weighted by atomic mass is 9.98. The third-order valence-corrected chi connectivity index (χ3v) is 5.88. The fraction of sp³-hybridized carbons (Fsp3) is 0.714. The van der Waals surface area contributed by atoms with E-state index in [1.54, 1.807) is 0 Å². The molecular formula is C21H42N10O5S. The first kappa shape index (κ1) is 33.7. The van der Waals surface area contributed by atoms with E-state index in [1.165, 1.54) is 0 Å². The van der Waals surface area contributed by atoms with Crippen LogP contribution >= 0.6 is 12.6 Å². The quantitative estimate of drug-likeness (QED) is 0.0358. The lowest BCUT2D eigenvalue weighted by molar-refractivity contribution is -0.141. The van der Waals surface area contributed by atoms with E-state index in [1.807, 2.05) is 13.8 Å². The number of hydrogen-bond donors (Lipinski definition) is 10. The van der Waals surface area contributed by atoms with E-state index in [0.29, 0.717) is 19.3 Å². The molecule has 212 valence electrons. The molecule has 0 rings (SSSR count). The maximum absolute atomic E-state index is 13.2. The first-order valence-electron chi connectivity index (χ1n) is 11.9. The van der Waals surface area contributed by atoms with E-state index >= 15 is 0 Å². The first-order valence-corrected chi connectivity index (χ1v) is 12.6. The van der Waals surface area contributed by atoms with E-state index in [0.717, 1.165) is 0 Å². The molecule has 0 aliphatic heterocycles. The highest BCUT2D eigenvalue weighted by atomic mass is 32.1. The van der Waals surface area contributed by atoms with Gasteiger partial charge in [0.1, 0.15) is 18.1 Å². The van der Waals surface area contributed by atoms with E-state index in [2.05, 4.69) is 38.6 Å². The van der Waals surface area contributed by atoms with Crippen molar-refractivity contribution in [3.63, 3.8) is 0 Å². The van der Waals surface area contributed by atoms with Gasteiger partial charge in [0.05, 0.1) is 6.04 Å². The van der Waals surface area contributed by atoms with Gasteiger partial charge in [-0.3, -0.25) is 24.4 Å². The number of guanidine groups is 2. The van der Waals surface area contributed by atoms with Gasteiger partial charge in [0.25, 0.3) is 0 Å². The molecule has 0 spiro atoms. The zero-order chi connectivity index (χ0) is 28.5. The SMILES string of the molecule is CCC(C)C(N)C(=O)NC(CCCN=C(N)N)C(=O)NC(CCCN=C(N)N)C(=O)NC(CS)C(=O)O. The Hall–Kier alpha value is -3.27. The van der Waals surface area contributed by atoms with Gasteiger partial charge < -0.3 is 49.7 Å². The smallest absolute Gasteiger partial charge is 0.327 e. The van der Waals surface area contributed by atoms with Crippen LogP contribution in [0.25, 0.3) is 0 Å². The van der Waals surface area contributed by atoms with Crippen LogP contribution in [0.4, 0.5) is 0 Å². The Morgan fingerprint density at radius 3 is 1.57 bits per heavy atom. The first-order chi connectivity index (χ1) is 17.3. The second-order valence-electron chi connectivity index (χ2n) is 8.51. The molecule has 0 aromatic rings. The predicted molar refractivity (Wildman–Crippen MR) is 145 cm³/mol. The lowest BCUT2D eigenvalue weighted by Gasteiger charge is -2.26. The summed E-state index contributed by atoms with van der Waals surface area (Å²) in [5.41, 5.74) is 27.3. The molecular weight excluding hydrogens is 504 g/mol. The topological polar surface area (TPSA) is 279 Å². The van der Waals surface area contributed by atoms with Gasteiger partial charge >= 0.3 is 5.97 Å². The summed E-state index contributed by atoms with van der Waals surface area (Å²) in [6.45, 7) is 4.09. The Bertz CT molecular complexity index is 818. The maximum Gasteiger partial charge on any atom is 0.327 e. The highest BCUT2D eigenvalue weighted by molar-refractivity contribution is 7.80. The molecule has 0 aliphatic rings. The molecule has 0 saturated heterocycles. The van der Waals surface area contributed by atoms with Crippen molar-refractivity contribution in [2.75, 3.05) is 18.8 Å². The molecule has 0 saturated carbocycles. The van der Waals surface area contributed by atoms with Crippen molar-refractivity contribution in [1.82, 2.24) is 16.0 Å². The number of hydrogen-bond acceptors (Lipinski definition) is 8. The molecule has 16 heteroatoms. The van der Waals surface area contributed by atoms with Crippen LogP contribution in [0, 0.1) is 5.92 Å². The Morgan fingerprint density at radius 1 is 0.811 bits per heavy atom. The van der Waals surface area contributed by atoms with Crippen LogP contribution in [0.15, 0.2) is 9.98 Å². The van der Waals surface area contributed by atoms with Gasteiger partial charge in [-0.05, 0) is 31.6 Å². The molecule has 3 amide bonds. The van der Waals surface area contributed by atoms with Crippen molar-refractivity contribution < 1.29 is 24.3 Å². The number of nitrogens with two attached hydrogens (primary N) is 5. The summed E-state index contributed by atoms with van der Waals surface area (Å²) in [5.74, 6) is -3.73. The van der Waals surface area contributed by atoms with Crippen LogP contribution in [0.2, 0.25) is 0 Å². The normalized spacial score (nSPS) is 14.7. The fourth-order valence-electron chi connectivity index (χ4n) is 3.06. The maximum atomic E-state index is 13.2. The molecule has 15 nitrogen and oxygen atoms in total. The van der Waals surface area contributed by atoms with Crippen LogP contribution < -0.4 is 44.6 Å². The van der Waals surface area contributed by atoms with Gasteiger partial charge in [-0.1, -0.05) is 20.3 Å². The van der Waals surface area contributed by atoms with Crippen LogP contribution in [-0.2, 0) is 19.2 Å². The molecule has 5 atom stereocenters. The number of amides is 3. The largest absolute Gasteiger partial charge is 0.480 e. The Labute approximate surface area is 222 Å². The van der Waals surface area contributed by atoms with E-state index in [4.69, 9.17) is 28.7 Å². The van der Waals surface area contributed by atoms with Gasteiger partial charge in [0, 0.05) is 18.8 Å². The van der Waals surface area contributed by atoms with Crippen LogP contribution in [0.5, 0.6) is 0 Å². The molecule has 0 aromatic heterocycles. The third kappa shape index (κ3) is 14.2. The standard InChI is InChI=1S/C21H42N10O5S/c1-3-11(2)15(22)18(34)30-13(7-5-9-28-21(25)26)16(32)29-12(6-4-8-27-20(23)24)17(33)31-14(10-37)19(35)36/h11-15,37H,3-10,22H2,1-2H3,(H,29,32)(H,30,34)(H,31,33)(H,35,36)(H4,23,24,27)(H4,25,26,28). The summed E-state index contributed by atoms with van der Waals surface area (Å²) < 4.78 is 0. The third-order valence-electron chi connectivity index (χ3n) is 5.51. The van der Waals surface area contributed by atoms with E-state index in [-0.39, 0.29) is 49.5 Å². The average molecular weight is 547 g/mol. The van der Waals surface area contributed by atoms with Gasteiger partial charge in [0.2, 0.25) is 17.7 Å². The predicted octanol–water partition coefficient (Wildman–Crippen LogP) is -3.06. The summed E-state index contributed by atoms with van der Waals surface area (Å²) in [5, 5.41) is 16.8. The molecule has 0 heterocycles. The summed E-state index contributed by atoms with van der Waals surface area (Å²) in [7, 11) is 0. The Balaban J connectivity index is 5.68. The van der Waals surface area contributed by atoms with Gasteiger partial charge in [0.15, 0.2) is 11.9 Å². The van der Waals surface area contributed by atoms with Crippen molar-refractivity contribution in [2.45, 2.75) is 70.1 Å². The lowest BCUT2D eigenvalue weighted by Crippen LogP contribution is -2.57. The van der Waals surface area contributed by atoms with Crippen molar-refractivity contribution >= 4 is 48.2 Å². The molecule has 14 N–H and O–H groups in total. The number of carboxylic acids is 1. The minimum Gasteiger partial charge on any atom is -0.480 e. The van der Waals surface area contributed by atoms with Crippen LogP contribution in [0.1, 0.15) is 46.0 Å². The summed E-state index contributed by atoms with van der Waals surface area (Å²) in [6, 6.07) is -4.30. The zero-order valence-electron chi connectivity index (χ0n) is 21.4. The van der Waals surface area contributed by atoms with Crippen molar-refractivity contribution in [2.24, 2.45) is 44.6 Å². The second-order valence-corrected chi connectivity index (χ2v) is 8.88. The van der Waals surface area contributed by atoms with Gasteiger partial charge in [-0.25, -0.2) is 4.79 Å². The minimum atomic E-state index is -1.28. The zero-order valence-corrected chi connectivity index (χ0v) is 22.2. The Morgan fingerprint density at radius 2 is 1.22 bits per heavy atom. The summed E-state index contributed by atoms with van der Waals surface area (Å²) >= 11 is 3.94. The number of nitrogens with one attached hydrogen (secondary N) is 3. The number of aliphatic imine (C=N–C) groups is 2. The molecule has 0 aromatic carbocycles. The van der Waals surface area contributed by atoms with E-state index < -0.39 is 47.9 Å². The van der Waals surface area contributed by atoms with Gasteiger partial charge in [-0.15, -0.1) is 0 Å². The molecule has 0 aliphatic carbocycles. The number of carbonyl (C=O) groups excluding carboxylic acids is 3. The minimum absolute atomic E-state index is 0.0916. The van der Waals surface area contributed by atoms with E-state index in [9.17, 15) is 24.3 Å². The molecule has 37 heavy (non-hydrogen) atoms. The summed E-state index contributed by atoms with van der Waals surface area (Å²) in [4.78, 5) is 57.7. The van der Waals surface area contributed by atoms with Crippen LogP contribution in [-0.4, -0.2) is 83.7 Å². The fourth-order valence-corrected chi connectivity index (χ4v) is 3.30. The highest BCUT2D eigenvalue weighted by Gasteiger charge is 2.30. The molecule has 0 radical (unpaired) electrons. The highest BCUT2D eigenvalue weighted by Crippen LogP contribution is 2.08. The number of carbonyl (C=O) groups is 4. The Kier molecular flexibility index (Phi) is 16.5. The summed E-state index contributed by atoms with van der Waals surface area (Å²) in [6.07, 6.45) is 1.54. The molecule has 5 unspecified atom stereocenters. The number of carboxylic acid groups (broad SMARTS) is 1. The number of nitrogens with zero attached hydrogens (tertiary/aromatic N) is 2. The van der Waals surface area contributed by atoms with Crippen molar-refractivity contribution in [3.8, 4) is 0 Å². The monoisotopic (exact) mass is 546 g/mol. The number of thiol groups is 1. The average Bonchev–Trinajstić information content (AvgIpc) is 2.83.